The summed E-state index contributed by atoms with van der Waals surface area (Å²) in [6.45, 7) is 3.20. The molecule has 2 fully saturated rings. The standard InChI is InChI=1S/C7H12N2O2/c8-6(10)9-2-1-7(3-9)4-11-5-7/h1-5H2,(H2,8,10). The lowest BCUT2D eigenvalue weighted by atomic mass is 9.85. The average molecular weight is 156 g/mol. The molecule has 1 spiro atoms. The number of primary amides is 1. The van der Waals surface area contributed by atoms with Gasteiger partial charge in [-0.1, -0.05) is 0 Å². The Morgan fingerprint density at radius 2 is 2.27 bits per heavy atom. The largest absolute Gasteiger partial charge is 0.380 e. The van der Waals surface area contributed by atoms with E-state index in [9.17, 15) is 4.79 Å². The predicted octanol–water partition coefficient (Wildman–Crippen LogP) is -0.213. The molecule has 0 saturated carbocycles. The lowest BCUT2D eigenvalue weighted by Crippen LogP contribution is -2.46. The number of carbonyl (C=O) groups is 1. The summed E-state index contributed by atoms with van der Waals surface area (Å²) >= 11 is 0. The third kappa shape index (κ3) is 0.976. The second kappa shape index (κ2) is 2.11. The SMILES string of the molecule is NC(=O)N1CCC2(COC2)C1. The smallest absolute Gasteiger partial charge is 0.314 e. The zero-order chi connectivity index (χ0) is 7.90. The fourth-order valence-corrected chi connectivity index (χ4v) is 1.75. The van der Waals surface area contributed by atoms with Gasteiger partial charge < -0.3 is 15.4 Å². The molecular weight excluding hydrogens is 144 g/mol. The maximum Gasteiger partial charge on any atom is 0.314 e. The molecule has 0 aromatic heterocycles. The summed E-state index contributed by atoms with van der Waals surface area (Å²) in [4.78, 5) is 12.4. The van der Waals surface area contributed by atoms with E-state index >= 15 is 0 Å². The zero-order valence-corrected chi connectivity index (χ0v) is 6.38. The summed E-state index contributed by atoms with van der Waals surface area (Å²) in [5, 5.41) is 0. The first-order chi connectivity index (χ1) is 5.22. The number of amides is 2. The Morgan fingerprint density at radius 1 is 1.55 bits per heavy atom. The van der Waals surface area contributed by atoms with Crippen molar-refractivity contribution in [1.82, 2.24) is 4.90 Å². The van der Waals surface area contributed by atoms with Crippen LogP contribution >= 0.6 is 0 Å². The monoisotopic (exact) mass is 156 g/mol. The van der Waals surface area contributed by atoms with Crippen molar-refractivity contribution in [2.75, 3.05) is 26.3 Å². The van der Waals surface area contributed by atoms with Crippen molar-refractivity contribution in [2.45, 2.75) is 6.42 Å². The zero-order valence-electron chi connectivity index (χ0n) is 6.38. The van der Waals surface area contributed by atoms with E-state index in [4.69, 9.17) is 10.5 Å². The minimum Gasteiger partial charge on any atom is -0.380 e. The van der Waals surface area contributed by atoms with E-state index in [2.05, 4.69) is 0 Å². The quantitative estimate of drug-likeness (QED) is 0.527. The lowest BCUT2D eigenvalue weighted by Gasteiger charge is -2.37. The highest BCUT2D eigenvalue weighted by molar-refractivity contribution is 5.72. The molecule has 2 saturated heterocycles. The van der Waals surface area contributed by atoms with Crippen LogP contribution < -0.4 is 5.73 Å². The van der Waals surface area contributed by atoms with Crippen molar-refractivity contribution in [1.29, 1.82) is 0 Å². The highest BCUT2D eigenvalue weighted by atomic mass is 16.5. The molecule has 2 heterocycles. The van der Waals surface area contributed by atoms with Crippen molar-refractivity contribution in [2.24, 2.45) is 11.1 Å². The summed E-state index contributed by atoms with van der Waals surface area (Å²) in [6.07, 6.45) is 1.05. The van der Waals surface area contributed by atoms with E-state index in [1.165, 1.54) is 0 Å². The average Bonchev–Trinajstić information content (AvgIpc) is 2.28. The van der Waals surface area contributed by atoms with Crippen molar-refractivity contribution in [3.8, 4) is 0 Å². The van der Waals surface area contributed by atoms with Crippen molar-refractivity contribution in [3.05, 3.63) is 0 Å². The Hall–Kier alpha value is -0.770. The first kappa shape index (κ1) is 6.91. The number of ether oxygens (including phenoxy) is 1. The summed E-state index contributed by atoms with van der Waals surface area (Å²) in [5.74, 6) is 0. The first-order valence-corrected chi connectivity index (χ1v) is 3.84. The number of likely N-dealkylation sites (tertiary alicyclic amines) is 1. The number of nitrogens with two attached hydrogens (primary N) is 1. The summed E-state index contributed by atoms with van der Waals surface area (Å²) in [5.41, 5.74) is 5.42. The molecule has 2 N–H and O–H groups in total. The van der Waals surface area contributed by atoms with Crippen LogP contribution in [0.1, 0.15) is 6.42 Å². The van der Waals surface area contributed by atoms with Crippen LogP contribution in [0.25, 0.3) is 0 Å². The Morgan fingerprint density at radius 3 is 2.55 bits per heavy atom. The Kier molecular flexibility index (Phi) is 1.32. The first-order valence-electron chi connectivity index (χ1n) is 3.84. The number of hydrogen-bond donors (Lipinski definition) is 1. The second-order valence-corrected chi connectivity index (χ2v) is 3.50. The molecule has 0 aromatic rings. The fourth-order valence-electron chi connectivity index (χ4n) is 1.75. The molecule has 2 aliphatic heterocycles. The van der Waals surface area contributed by atoms with E-state index in [0.29, 0.717) is 0 Å². The maximum absolute atomic E-state index is 10.7. The van der Waals surface area contributed by atoms with Crippen molar-refractivity contribution in [3.63, 3.8) is 0 Å². The van der Waals surface area contributed by atoms with Gasteiger partial charge in [-0.25, -0.2) is 4.79 Å². The minimum absolute atomic E-state index is 0.273. The molecule has 62 valence electrons. The number of urea groups is 1. The van der Waals surface area contributed by atoms with Gasteiger partial charge in [-0.15, -0.1) is 0 Å². The van der Waals surface area contributed by atoms with Crippen LogP contribution in [0.2, 0.25) is 0 Å². The lowest BCUT2D eigenvalue weighted by molar-refractivity contribution is -0.103. The van der Waals surface area contributed by atoms with Crippen LogP contribution in [0.15, 0.2) is 0 Å². The van der Waals surface area contributed by atoms with Gasteiger partial charge in [0.05, 0.1) is 13.2 Å². The van der Waals surface area contributed by atoms with Gasteiger partial charge in [0, 0.05) is 18.5 Å². The molecule has 0 bridgehead atoms. The molecule has 2 aliphatic rings. The van der Waals surface area contributed by atoms with E-state index in [0.717, 1.165) is 32.7 Å². The van der Waals surface area contributed by atoms with Gasteiger partial charge in [0.1, 0.15) is 0 Å². The molecule has 2 rings (SSSR count). The van der Waals surface area contributed by atoms with E-state index in [-0.39, 0.29) is 11.4 Å². The van der Waals surface area contributed by atoms with E-state index in [1.54, 1.807) is 4.90 Å². The van der Waals surface area contributed by atoms with Gasteiger partial charge in [0.15, 0.2) is 0 Å². The molecule has 0 unspecified atom stereocenters. The van der Waals surface area contributed by atoms with Crippen LogP contribution in [0.5, 0.6) is 0 Å². The molecule has 4 heteroatoms. The maximum atomic E-state index is 10.7. The summed E-state index contributed by atoms with van der Waals surface area (Å²) in [7, 11) is 0. The van der Waals surface area contributed by atoms with Gasteiger partial charge in [-0.05, 0) is 6.42 Å². The van der Waals surface area contributed by atoms with Gasteiger partial charge in [-0.3, -0.25) is 0 Å². The van der Waals surface area contributed by atoms with Gasteiger partial charge in [0.25, 0.3) is 0 Å². The van der Waals surface area contributed by atoms with E-state index < -0.39 is 0 Å². The van der Waals surface area contributed by atoms with E-state index in [1.807, 2.05) is 0 Å². The third-order valence-electron chi connectivity index (χ3n) is 2.57. The predicted molar refractivity (Wildman–Crippen MR) is 39.0 cm³/mol. The van der Waals surface area contributed by atoms with Gasteiger partial charge in [0.2, 0.25) is 0 Å². The fraction of sp³-hybridized carbons (Fsp3) is 0.857. The van der Waals surface area contributed by atoms with Crippen LogP contribution in [0, 0.1) is 5.41 Å². The number of carbonyl (C=O) groups excluding carboxylic acids is 1. The molecule has 11 heavy (non-hydrogen) atoms. The van der Waals surface area contributed by atoms with Gasteiger partial charge in [-0.2, -0.15) is 0 Å². The van der Waals surface area contributed by atoms with Crippen molar-refractivity contribution >= 4 is 6.03 Å². The molecule has 2 amide bonds. The van der Waals surface area contributed by atoms with Crippen LogP contribution in [0.4, 0.5) is 4.79 Å². The Bertz CT molecular complexity index is 189. The number of rotatable bonds is 0. The van der Waals surface area contributed by atoms with Gasteiger partial charge >= 0.3 is 6.03 Å². The molecule has 0 aromatic carbocycles. The molecule has 0 radical (unpaired) electrons. The topological polar surface area (TPSA) is 55.6 Å². The Labute approximate surface area is 65.3 Å². The molecular formula is C7H12N2O2. The van der Waals surface area contributed by atoms with Crippen molar-refractivity contribution < 1.29 is 9.53 Å². The summed E-state index contributed by atoms with van der Waals surface area (Å²) in [6, 6.07) is -0.297. The minimum atomic E-state index is -0.297. The highest BCUT2D eigenvalue weighted by Crippen LogP contribution is 2.37. The van der Waals surface area contributed by atoms with Crippen LogP contribution in [-0.2, 0) is 4.74 Å². The highest BCUT2D eigenvalue weighted by Gasteiger charge is 2.45. The van der Waals surface area contributed by atoms with Crippen LogP contribution in [0.3, 0.4) is 0 Å². The number of nitrogens with zero attached hydrogens (tertiary/aromatic N) is 1. The third-order valence-corrected chi connectivity index (χ3v) is 2.57. The summed E-state index contributed by atoms with van der Waals surface area (Å²) < 4.78 is 5.11. The normalized spacial score (nSPS) is 27.1. The molecule has 0 aliphatic carbocycles. The Balaban J connectivity index is 1.98. The molecule has 4 nitrogen and oxygen atoms in total. The number of hydrogen-bond acceptors (Lipinski definition) is 2. The van der Waals surface area contributed by atoms with Crippen LogP contribution in [-0.4, -0.2) is 37.2 Å². The molecule has 0 atom stereocenters. The second-order valence-electron chi connectivity index (χ2n) is 3.50.